The Morgan fingerprint density at radius 1 is 1.27 bits per heavy atom. The van der Waals surface area contributed by atoms with Crippen LogP contribution in [0.3, 0.4) is 0 Å². The molecule has 4 saturated carbocycles. The summed E-state index contributed by atoms with van der Waals surface area (Å²) in [6, 6.07) is 3.87. The second kappa shape index (κ2) is 5.43. The van der Waals surface area contributed by atoms with Gasteiger partial charge in [0.15, 0.2) is 5.76 Å². The Morgan fingerprint density at radius 3 is 2.41 bits per heavy atom. The fourth-order valence-electron chi connectivity index (χ4n) is 6.06. The Balaban J connectivity index is 1.55. The maximum Gasteiger partial charge on any atom is 0.287 e. The molecule has 1 aromatic heterocycles. The van der Waals surface area contributed by atoms with Crippen molar-refractivity contribution in [3.05, 3.63) is 24.2 Å². The Bertz CT molecular complexity index is 498. The normalized spacial score (nSPS) is 37.2. The molecule has 0 saturated heterocycles. The summed E-state index contributed by atoms with van der Waals surface area (Å²) < 4.78 is 5.28. The van der Waals surface area contributed by atoms with E-state index < -0.39 is 0 Å². The highest BCUT2D eigenvalue weighted by Crippen LogP contribution is 2.61. The third-order valence-electron chi connectivity index (χ3n) is 6.45. The minimum absolute atomic E-state index is 0.0285. The van der Waals surface area contributed by atoms with Gasteiger partial charge in [0.25, 0.3) is 5.91 Å². The molecule has 0 aromatic carbocycles. The van der Waals surface area contributed by atoms with E-state index in [4.69, 9.17) is 4.42 Å². The highest BCUT2D eigenvalue weighted by molar-refractivity contribution is 5.91. The van der Waals surface area contributed by atoms with Crippen LogP contribution in [-0.4, -0.2) is 11.9 Å². The molecule has 4 bridgehead atoms. The Hall–Kier alpha value is -1.25. The molecule has 0 aliphatic heterocycles. The third kappa shape index (κ3) is 2.39. The molecular formula is C19H27NO2. The van der Waals surface area contributed by atoms with Gasteiger partial charge < -0.3 is 9.73 Å². The van der Waals surface area contributed by atoms with Gasteiger partial charge in [0.2, 0.25) is 0 Å². The van der Waals surface area contributed by atoms with E-state index in [-0.39, 0.29) is 5.91 Å². The average molecular weight is 301 g/mol. The number of carbonyl (C=O) groups excluding carboxylic acids is 1. The fraction of sp³-hybridized carbons (Fsp3) is 0.737. The number of hydrogen-bond acceptors (Lipinski definition) is 2. The smallest absolute Gasteiger partial charge is 0.287 e. The highest BCUT2D eigenvalue weighted by Gasteiger charge is 2.54. The van der Waals surface area contributed by atoms with Crippen molar-refractivity contribution in [2.24, 2.45) is 23.2 Å². The van der Waals surface area contributed by atoms with Crippen LogP contribution in [0.4, 0.5) is 0 Å². The lowest BCUT2D eigenvalue weighted by atomic mass is 9.47. The molecule has 120 valence electrons. The Kier molecular flexibility index (Phi) is 3.54. The van der Waals surface area contributed by atoms with E-state index in [0.717, 1.165) is 30.6 Å². The SMILES string of the molecule is CCC[C@@H](NC(=O)c1ccco1)C12CC3CC(CC(C3)C1)C2. The summed E-state index contributed by atoms with van der Waals surface area (Å²) in [5, 5.41) is 3.34. The van der Waals surface area contributed by atoms with Gasteiger partial charge in [0.1, 0.15) is 0 Å². The van der Waals surface area contributed by atoms with Crippen molar-refractivity contribution in [1.82, 2.24) is 5.32 Å². The molecule has 1 heterocycles. The molecule has 5 rings (SSSR count). The van der Waals surface area contributed by atoms with Gasteiger partial charge in [0, 0.05) is 6.04 Å². The standard InChI is InChI=1S/C19H27NO2/c1-2-4-17(20-18(21)16-5-3-6-22-16)19-10-13-7-14(11-19)9-15(8-13)12-19/h3,5-6,13-15,17H,2,4,7-12H2,1H3,(H,20,21)/t13?,14?,15?,17-,19?/m1/s1. The number of furan rings is 1. The van der Waals surface area contributed by atoms with Crippen LogP contribution in [0.2, 0.25) is 0 Å². The zero-order chi connectivity index (χ0) is 15.2. The molecule has 1 amide bonds. The van der Waals surface area contributed by atoms with E-state index in [9.17, 15) is 4.79 Å². The van der Waals surface area contributed by atoms with Crippen LogP contribution in [0, 0.1) is 23.2 Å². The van der Waals surface area contributed by atoms with E-state index in [0.29, 0.717) is 17.2 Å². The predicted molar refractivity (Wildman–Crippen MR) is 85.5 cm³/mol. The van der Waals surface area contributed by atoms with Crippen molar-refractivity contribution in [2.45, 2.75) is 64.3 Å². The van der Waals surface area contributed by atoms with Crippen LogP contribution in [0.25, 0.3) is 0 Å². The van der Waals surface area contributed by atoms with E-state index in [1.54, 1.807) is 18.4 Å². The Labute approximate surface area is 132 Å². The zero-order valence-corrected chi connectivity index (χ0v) is 13.5. The van der Waals surface area contributed by atoms with E-state index in [2.05, 4.69) is 12.2 Å². The molecule has 3 nitrogen and oxygen atoms in total. The number of rotatable bonds is 5. The number of hydrogen-bond donors (Lipinski definition) is 1. The molecule has 0 spiro atoms. The second-order valence-corrected chi connectivity index (χ2v) is 8.07. The van der Waals surface area contributed by atoms with E-state index in [1.807, 2.05) is 0 Å². The van der Waals surface area contributed by atoms with Crippen LogP contribution in [0.15, 0.2) is 22.8 Å². The molecule has 1 aromatic rings. The van der Waals surface area contributed by atoms with Crippen LogP contribution in [0.1, 0.15) is 68.8 Å². The van der Waals surface area contributed by atoms with Gasteiger partial charge >= 0.3 is 0 Å². The first-order valence-electron chi connectivity index (χ1n) is 9.03. The first-order chi connectivity index (χ1) is 10.7. The average Bonchev–Trinajstić information content (AvgIpc) is 2.99. The van der Waals surface area contributed by atoms with E-state index in [1.165, 1.54) is 38.5 Å². The summed E-state index contributed by atoms with van der Waals surface area (Å²) in [4.78, 5) is 12.5. The molecule has 22 heavy (non-hydrogen) atoms. The number of nitrogens with one attached hydrogen (secondary N) is 1. The van der Waals surface area contributed by atoms with Gasteiger partial charge in [-0.1, -0.05) is 13.3 Å². The van der Waals surface area contributed by atoms with Crippen molar-refractivity contribution >= 4 is 5.91 Å². The molecule has 4 aliphatic rings. The van der Waals surface area contributed by atoms with Crippen molar-refractivity contribution in [1.29, 1.82) is 0 Å². The van der Waals surface area contributed by atoms with Gasteiger partial charge in [-0.05, 0) is 80.2 Å². The van der Waals surface area contributed by atoms with Crippen LogP contribution < -0.4 is 5.32 Å². The summed E-state index contributed by atoms with van der Waals surface area (Å²) in [6.45, 7) is 2.23. The Morgan fingerprint density at radius 2 is 1.91 bits per heavy atom. The van der Waals surface area contributed by atoms with Crippen molar-refractivity contribution in [2.75, 3.05) is 0 Å². The largest absolute Gasteiger partial charge is 0.459 e. The minimum Gasteiger partial charge on any atom is -0.459 e. The topological polar surface area (TPSA) is 42.2 Å². The fourth-order valence-corrected chi connectivity index (χ4v) is 6.06. The number of carbonyl (C=O) groups is 1. The molecule has 1 atom stereocenters. The summed E-state index contributed by atoms with van der Waals surface area (Å²) in [5.74, 6) is 3.19. The predicted octanol–water partition coefficient (Wildman–Crippen LogP) is 4.39. The van der Waals surface area contributed by atoms with Gasteiger partial charge in [-0.15, -0.1) is 0 Å². The van der Waals surface area contributed by atoms with Crippen LogP contribution in [0.5, 0.6) is 0 Å². The molecule has 4 fully saturated rings. The minimum atomic E-state index is -0.0285. The maximum atomic E-state index is 12.5. The first kappa shape index (κ1) is 14.3. The van der Waals surface area contributed by atoms with Gasteiger partial charge in [-0.3, -0.25) is 4.79 Å². The quantitative estimate of drug-likeness (QED) is 0.876. The molecule has 3 heteroatoms. The number of amides is 1. The lowest BCUT2D eigenvalue weighted by Gasteiger charge is -2.59. The molecule has 0 unspecified atom stereocenters. The molecular weight excluding hydrogens is 274 g/mol. The van der Waals surface area contributed by atoms with Crippen molar-refractivity contribution in [3.8, 4) is 0 Å². The molecule has 0 radical (unpaired) electrons. The van der Waals surface area contributed by atoms with Gasteiger partial charge in [0.05, 0.1) is 6.26 Å². The first-order valence-corrected chi connectivity index (χ1v) is 9.03. The summed E-state index contributed by atoms with van der Waals surface area (Å²) in [7, 11) is 0. The van der Waals surface area contributed by atoms with Crippen molar-refractivity contribution in [3.63, 3.8) is 0 Å². The highest BCUT2D eigenvalue weighted by atomic mass is 16.3. The summed E-state index contributed by atoms with van der Waals surface area (Å²) in [6.07, 6.45) is 12.2. The third-order valence-corrected chi connectivity index (χ3v) is 6.45. The maximum absolute atomic E-state index is 12.5. The lowest BCUT2D eigenvalue weighted by molar-refractivity contribution is -0.0737. The van der Waals surface area contributed by atoms with Gasteiger partial charge in [-0.25, -0.2) is 0 Å². The van der Waals surface area contributed by atoms with Gasteiger partial charge in [-0.2, -0.15) is 0 Å². The lowest BCUT2D eigenvalue weighted by Crippen LogP contribution is -2.56. The second-order valence-electron chi connectivity index (χ2n) is 8.07. The van der Waals surface area contributed by atoms with Crippen LogP contribution >= 0.6 is 0 Å². The van der Waals surface area contributed by atoms with Crippen molar-refractivity contribution < 1.29 is 9.21 Å². The molecule has 4 aliphatic carbocycles. The monoisotopic (exact) mass is 301 g/mol. The summed E-state index contributed by atoms with van der Waals surface area (Å²) >= 11 is 0. The van der Waals surface area contributed by atoms with Crippen LogP contribution in [-0.2, 0) is 0 Å². The summed E-state index contributed by atoms with van der Waals surface area (Å²) in [5.41, 5.74) is 0.368. The van der Waals surface area contributed by atoms with E-state index >= 15 is 0 Å². The molecule has 1 N–H and O–H groups in total. The zero-order valence-electron chi connectivity index (χ0n) is 13.5.